The average Bonchev–Trinajstić information content (AvgIpc) is 3.15. The van der Waals surface area contributed by atoms with Crippen molar-refractivity contribution in [1.82, 2.24) is 29.5 Å². The summed E-state index contributed by atoms with van der Waals surface area (Å²) in [6, 6.07) is 3.79. The van der Waals surface area contributed by atoms with Crippen LogP contribution >= 0.6 is 0 Å². The number of hydrogen-bond donors (Lipinski definition) is 0. The molecule has 1 fully saturated rings. The molecule has 136 valence electrons. The molecule has 0 spiro atoms. The van der Waals surface area contributed by atoms with Crippen molar-refractivity contribution < 1.29 is 13.2 Å². The van der Waals surface area contributed by atoms with Gasteiger partial charge in [0.1, 0.15) is 12.4 Å². The number of halogens is 3. The first-order valence-electron chi connectivity index (χ1n) is 8.11. The summed E-state index contributed by atoms with van der Waals surface area (Å²) in [5, 5.41) is 4.08. The van der Waals surface area contributed by atoms with E-state index in [-0.39, 0.29) is 0 Å². The summed E-state index contributed by atoms with van der Waals surface area (Å²) in [4.78, 5) is 12.5. The molecule has 0 N–H and O–H groups in total. The molecule has 1 saturated heterocycles. The van der Waals surface area contributed by atoms with Gasteiger partial charge in [-0.1, -0.05) is 0 Å². The molecule has 0 unspecified atom stereocenters. The number of likely N-dealkylation sites (tertiary alicyclic amines) is 1. The van der Waals surface area contributed by atoms with Crippen LogP contribution in [0.1, 0.15) is 12.2 Å². The van der Waals surface area contributed by atoms with Crippen LogP contribution in [0.2, 0.25) is 0 Å². The molecule has 1 atom stereocenters. The zero-order valence-electron chi connectivity index (χ0n) is 14.2. The molecule has 25 heavy (non-hydrogen) atoms. The van der Waals surface area contributed by atoms with E-state index in [1.165, 1.54) is 0 Å². The Balaban J connectivity index is 1.82. The van der Waals surface area contributed by atoms with E-state index >= 15 is 0 Å². The van der Waals surface area contributed by atoms with Gasteiger partial charge >= 0.3 is 6.18 Å². The molecule has 0 bridgehead atoms. The lowest BCUT2D eigenvalue weighted by Crippen LogP contribution is -2.32. The van der Waals surface area contributed by atoms with Crippen LogP contribution in [0.3, 0.4) is 0 Å². The summed E-state index contributed by atoms with van der Waals surface area (Å²) in [6.07, 6.45) is -0.198. The van der Waals surface area contributed by atoms with Crippen molar-refractivity contribution in [3.8, 4) is 11.4 Å². The normalized spacial score (nSPS) is 19.0. The van der Waals surface area contributed by atoms with Gasteiger partial charge in [0.05, 0.1) is 6.54 Å². The van der Waals surface area contributed by atoms with Gasteiger partial charge in [-0.05, 0) is 32.6 Å². The molecule has 1 aliphatic rings. The summed E-state index contributed by atoms with van der Waals surface area (Å²) in [7, 11) is 4.03. The molecule has 1 aliphatic heterocycles. The molecule has 0 amide bonds. The number of likely N-dealkylation sites (N-methyl/N-ethyl adjacent to an activating group) is 1. The summed E-state index contributed by atoms with van der Waals surface area (Å²) in [5.41, 5.74) is 0.657. The lowest BCUT2D eigenvalue weighted by Gasteiger charge is -2.20. The van der Waals surface area contributed by atoms with Gasteiger partial charge < -0.3 is 4.90 Å². The first-order chi connectivity index (χ1) is 11.8. The molecule has 9 heteroatoms. The molecule has 0 saturated carbocycles. The Morgan fingerprint density at radius 3 is 2.56 bits per heavy atom. The van der Waals surface area contributed by atoms with E-state index in [1.807, 2.05) is 14.1 Å². The number of aromatic nitrogens is 4. The zero-order chi connectivity index (χ0) is 18.0. The minimum atomic E-state index is -4.34. The van der Waals surface area contributed by atoms with E-state index in [0.717, 1.165) is 24.2 Å². The van der Waals surface area contributed by atoms with Gasteiger partial charge in [0.25, 0.3) is 0 Å². The number of rotatable bonds is 5. The average molecular weight is 354 g/mol. The van der Waals surface area contributed by atoms with Crippen molar-refractivity contribution >= 4 is 0 Å². The third-order valence-corrected chi connectivity index (χ3v) is 4.36. The maximum absolute atomic E-state index is 12.9. The van der Waals surface area contributed by atoms with Crippen molar-refractivity contribution in [3.63, 3.8) is 0 Å². The Bertz CT molecular complexity index is 698. The van der Waals surface area contributed by atoms with E-state index in [9.17, 15) is 13.2 Å². The van der Waals surface area contributed by atoms with Crippen molar-refractivity contribution in [2.45, 2.75) is 31.7 Å². The van der Waals surface area contributed by atoms with Crippen LogP contribution in [0.25, 0.3) is 11.4 Å². The highest BCUT2D eigenvalue weighted by Crippen LogP contribution is 2.22. The second-order valence-corrected chi connectivity index (χ2v) is 6.50. The minimum Gasteiger partial charge on any atom is -0.305 e. The van der Waals surface area contributed by atoms with Crippen LogP contribution in [0, 0.1) is 0 Å². The topological polar surface area (TPSA) is 50.1 Å². The fourth-order valence-electron chi connectivity index (χ4n) is 2.99. The fourth-order valence-corrected chi connectivity index (χ4v) is 2.99. The van der Waals surface area contributed by atoms with E-state index in [1.54, 1.807) is 24.5 Å². The smallest absolute Gasteiger partial charge is 0.305 e. The maximum Gasteiger partial charge on any atom is 0.408 e. The van der Waals surface area contributed by atoms with Gasteiger partial charge in [0.2, 0.25) is 0 Å². The molecule has 6 nitrogen and oxygen atoms in total. The Morgan fingerprint density at radius 1 is 1.24 bits per heavy atom. The summed E-state index contributed by atoms with van der Waals surface area (Å²) < 4.78 is 39.7. The molecule has 2 aromatic heterocycles. The largest absolute Gasteiger partial charge is 0.408 e. The molecule has 3 heterocycles. The first-order valence-corrected chi connectivity index (χ1v) is 8.11. The molecule has 3 rings (SSSR count). The Labute approximate surface area is 144 Å². The standard InChI is InChI=1S/C16H21F3N6/c1-23(2)13-5-8-24(9-13)10-14-21-15(12-3-6-20-7-4-12)22-25(14)11-16(17,18)19/h3-4,6-7,13H,5,8-11H2,1-2H3/t13-/m0/s1. The highest BCUT2D eigenvalue weighted by Gasteiger charge is 2.32. The molecule has 0 aromatic carbocycles. The zero-order valence-corrected chi connectivity index (χ0v) is 14.2. The van der Waals surface area contributed by atoms with E-state index < -0.39 is 12.7 Å². The molecular weight excluding hydrogens is 333 g/mol. The van der Waals surface area contributed by atoms with Crippen LogP contribution in [0.5, 0.6) is 0 Å². The molecule has 2 aromatic rings. The maximum atomic E-state index is 12.9. The van der Waals surface area contributed by atoms with Crippen molar-refractivity contribution in [2.75, 3.05) is 27.2 Å². The van der Waals surface area contributed by atoms with E-state index in [0.29, 0.717) is 29.8 Å². The molecule has 0 aliphatic carbocycles. The van der Waals surface area contributed by atoms with Crippen molar-refractivity contribution in [1.29, 1.82) is 0 Å². The molecule has 0 radical (unpaired) electrons. The van der Waals surface area contributed by atoms with Crippen LogP contribution in [-0.2, 0) is 13.1 Å². The third kappa shape index (κ3) is 4.55. The number of pyridine rings is 1. The predicted octanol–water partition coefficient (Wildman–Crippen LogP) is 2.04. The van der Waals surface area contributed by atoms with Gasteiger partial charge in [0, 0.05) is 37.1 Å². The van der Waals surface area contributed by atoms with Gasteiger partial charge in [-0.3, -0.25) is 9.88 Å². The number of hydrogen-bond acceptors (Lipinski definition) is 5. The number of alkyl halides is 3. The third-order valence-electron chi connectivity index (χ3n) is 4.36. The van der Waals surface area contributed by atoms with Gasteiger partial charge in [-0.25, -0.2) is 9.67 Å². The van der Waals surface area contributed by atoms with E-state index in [2.05, 4.69) is 24.9 Å². The van der Waals surface area contributed by atoms with E-state index in [4.69, 9.17) is 0 Å². The van der Waals surface area contributed by atoms with Crippen molar-refractivity contribution in [2.24, 2.45) is 0 Å². The second-order valence-electron chi connectivity index (χ2n) is 6.50. The summed E-state index contributed by atoms with van der Waals surface area (Å²) in [6.45, 7) is 0.882. The summed E-state index contributed by atoms with van der Waals surface area (Å²) >= 11 is 0. The van der Waals surface area contributed by atoms with Crippen molar-refractivity contribution in [3.05, 3.63) is 30.4 Å². The van der Waals surface area contributed by atoms with Crippen LogP contribution in [-0.4, -0.2) is 69.0 Å². The fraction of sp³-hybridized carbons (Fsp3) is 0.562. The van der Waals surface area contributed by atoms with Gasteiger partial charge in [-0.2, -0.15) is 18.3 Å². The Hall–Kier alpha value is -2.00. The van der Waals surface area contributed by atoms with Crippen LogP contribution in [0.15, 0.2) is 24.5 Å². The monoisotopic (exact) mass is 354 g/mol. The van der Waals surface area contributed by atoms with Gasteiger partial charge in [-0.15, -0.1) is 0 Å². The first kappa shape index (κ1) is 17.8. The lowest BCUT2D eigenvalue weighted by molar-refractivity contribution is -0.143. The predicted molar refractivity (Wildman–Crippen MR) is 86.7 cm³/mol. The molecular formula is C16H21F3N6. The minimum absolute atomic E-state index is 0.296. The van der Waals surface area contributed by atoms with Crippen LogP contribution < -0.4 is 0 Å². The lowest BCUT2D eigenvalue weighted by atomic mass is 10.2. The SMILES string of the molecule is CN(C)[C@H]1CCN(Cc2nc(-c3ccncc3)nn2CC(F)(F)F)C1. The highest BCUT2D eigenvalue weighted by atomic mass is 19.4. The summed E-state index contributed by atoms with van der Waals surface area (Å²) in [5.74, 6) is 0.633. The quantitative estimate of drug-likeness (QED) is 0.822. The van der Waals surface area contributed by atoms with Crippen LogP contribution in [0.4, 0.5) is 13.2 Å². The Morgan fingerprint density at radius 2 is 1.96 bits per heavy atom. The van der Waals surface area contributed by atoms with Gasteiger partial charge in [0.15, 0.2) is 5.82 Å². The number of nitrogens with zero attached hydrogens (tertiary/aromatic N) is 6. The Kier molecular flexibility index (Phi) is 5.05. The second kappa shape index (κ2) is 7.09. The highest BCUT2D eigenvalue weighted by molar-refractivity contribution is 5.53.